The Balaban J connectivity index is 1.36. The molecule has 5 rings (SSSR count). The van der Waals surface area contributed by atoms with Crippen molar-refractivity contribution in [1.29, 1.82) is 0 Å². The van der Waals surface area contributed by atoms with Crippen LogP contribution in [0.15, 0.2) is 91.0 Å². The monoisotopic (exact) mass is 480 g/mol. The summed E-state index contributed by atoms with van der Waals surface area (Å²) in [6, 6.07) is 29.2. The molecule has 2 atom stereocenters. The summed E-state index contributed by atoms with van der Waals surface area (Å²) in [6.45, 7) is 2.90. The highest BCUT2D eigenvalue weighted by molar-refractivity contribution is 5.90. The SMILES string of the molecule is COC(=O)c1cccc(CN2CC(C(=O)N[C@H](C)c3cccc4ccccc34)Oc3ccccc32)c1. The van der Waals surface area contributed by atoms with Crippen molar-refractivity contribution in [2.75, 3.05) is 18.6 Å². The molecule has 182 valence electrons. The predicted octanol–water partition coefficient (Wildman–Crippen LogP) is 5.27. The number of benzene rings is 4. The number of ether oxygens (including phenoxy) is 2. The highest BCUT2D eigenvalue weighted by atomic mass is 16.5. The molecule has 0 bridgehead atoms. The summed E-state index contributed by atoms with van der Waals surface area (Å²) in [6.07, 6.45) is -0.680. The van der Waals surface area contributed by atoms with Crippen LogP contribution in [0.25, 0.3) is 10.8 Å². The maximum Gasteiger partial charge on any atom is 0.337 e. The number of anilines is 1. The van der Waals surface area contributed by atoms with Gasteiger partial charge in [0.2, 0.25) is 0 Å². The number of methoxy groups -OCH3 is 1. The lowest BCUT2D eigenvalue weighted by Gasteiger charge is -2.36. The molecule has 1 N–H and O–H groups in total. The Morgan fingerprint density at radius 1 is 1.00 bits per heavy atom. The maximum absolute atomic E-state index is 13.4. The number of hydrogen-bond donors (Lipinski definition) is 1. The Morgan fingerprint density at radius 3 is 2.61 bits per heavy atom. The van der Waals surface area contributed by atoms with Crippen molar-refractivity contribution >= 4 is 28.3 Å². The maximum atomic E-state index is 13.4. The van der Waals surface area contributed by atoms with E-state index in [-0.39, 0.29) is 17.9 Å². The highest BCUT2D eigenvalue weighted by Gasteiger charge is 2.31. The minimum Gasteiger partial charge on any atom is -0.477 e. The molecule has 36 heavy (non-hydrogen) atoms. The molecule has 1 amide bonds. The summed E-state index contributed by atoms with van der Waals surface area (Å²) in [4.78, 5) is 27.5. The number of nitrogens with one attached hydrogen (secondary N) is 1. The first-order chi connectivity index (χ1) is 17.5. The van der Waals surface area contributed by atoms with Gasteiger partial charge in [-0.25, -0.2) is 4.79 Å². The molecular formula is C30H28N2O4. The van der Waals surface area contributed by atoms with Crippen molar-refractivity contribution < 1.29 is 19.1 Å². The summed E-state index contributed by atoms with van der Waals surface area (Å²) in [5, 5.41) is 5.41. The molecule has 0 aromatic heterocycles. The minimum atomic E-state index is -0.680. The van der Waals surface area contributed by atoms with E-state index in [2.05, 4.69) is 28.4 Å². The van der Waals surface area contributed by atoms with E-state index in [4.69, 9.17) is 9.47 Å². The molecule has 6 heteroatoms. The largest absolute Gasteiger partial charge is 0.477 e. The molecule has 0 aliphatic carbocycles. The van der Waals surface area contributed by atoms with Gasteiger partial charge in [-0.15, -0.1) is 0 Å². The molecule has 6 nitrogen and oxygen atoms in total. The third kappa shape index (κ3) is 4.75. The number of rotatable bonds is 6. The molecule has 1 aliphatic rings. The lowest BCUT2D eigenvalue weighted by Crippen LogP contribution is -2.49. The second-order valence-corrected chi connectivity index (χ2v) is 8.95. The fourth-order valence-corrected chi connectivity index (χ4v) is 4.74. The van der Waals surface area contributed by atoms with Gasteiger partial charge in [-0.05, 0) is 53.1 Å². The van der Waals surface area contributed by atoms with Crippen LogP contribution in [0, 0.1) is 0 Å². The molecule has 0 spiro atoms. The van der Waals surface area contributed by atoms with E-state index in [1.807, 2.05) is 73.7 Å². The van der Waals surface area contributed by atoms with E-state index in [1.54, 1.807) is 6.07 Å². The first kappa shape index (κ1) is 23.4. The normalized spacial score (nSPS) is 15.5. The summed E-state index contributed by atoms with van der Waals surface area (Å²) >= 11 is 0. The van der Waals surface area contributed by atoms with Gasteiger partial charge in [0.15, 0.2) is 6.10 Å². The minimum absolute atomic E-state index is 0.168. The number of hydrogen-bond acceptors (Lipinski definition) is 5. The van der Waals surface area contributed by atoms with E-state index < -0.39 is 6.10 Å². The summed E-state index contributed by atoms with van der Waals surface area (Å²) in [7, 11) is 1.37. The van der Waals surface area contributed by atoms with Crippen LogP contribution in [-0.2, 0) is 16.1 Å². The van der Waals surface area contributed by atoms with Gasteiger partial charge in [-0.2, -0.15) is 0 Å². The average Bonchev–Trinajstić information content (AvgIpc) is 2.92. The Hall–Kier alpha value is -4.32. The first-order valence-electron chi connectivity index (χ1n) is 12.0. The molecule has 1 unspecified atom stereocenters. The van der Waals surface area contributed by atoms with Crippen LogP contribution in [0.1, 0.15) is 34.5 Å². The van der Waals surface area contributed by atoms with Crippen LogP contribution in [0.4, 0.5) is 5.69 Å². The van der Waals surface area contributed by atoms with Crippen LogP contribution >= 0.6 is 0 Å². The molecule has 4 aromatic carbocycles. The van der Waals surface area contributed by atoms with Gasteiger partial charge in [-0.3, -0.25) is 4.79 Å². The number of esters is 1. The van der Waals surface area contributed by atoms with Gasteiger partial charge in [0.1, 0.15) is 5.75 Å². The molecule has 1 aliphatic heterocycles. The lowest BCUT2D eigenvalue weighted by molar-refractivity contribution is -0.128. The number of amides is 1. The van der Waals surface area contributed by atoms with Crippen molar-refractivity contribution in [2.24, 2.45) is 0 Å². The molecule has 1 heterocycles. The third-order valence-corrected chi connectivity index (χ3v) is 6.52. The zero-order valence-corrected chi connectivity index (χ0v) is 20.3. The van der Waals surface area contributed by atoms with Crippen LogP contribution in [0.5, 0.6) is 5.75 Å². The number of carbonyl (C=O) groups is 2. The second kappa shape index (κ2) is 10.1. The summed E-state index contributed by atoms with van der Waals surface area (Å²) in [5.41, 5.74) is 3.41. The zero-order chi connectivity index (χ0) is 25.1. The smallest absolute Gasteiger partial charge is 0.337 e. The molecule has 0 saturated carbocycles. The van der Waals surface area contributed by atoms with Gasteiger partial charge in [0.05, 0.1) is 30.9 Å². The number of nitrogens with zero attached hydrogens (tertiary/aromatic N) is 1. The van der Waals surface area contributed by atoms with Crippen molar-refractivity contribution in [3.63, 3.8) is 0 Å². The standard InChI is InChI=1S/C30H28N2O4/c1-20(24-14-8-11-22-10-3-4-13-25(22)24)31-29(33)28-19-32(26-15-5-6-16-27(26)36-28)18-21-9-7-12-23(17-21)30(34)35-2/h3-17,20,28H,18-19H2,1-2H3,(H,31,33)/t20-,28?/m1/s1. The van der Waals surface area contributed by atoms with Crippen LogP contribution in [-0.4, -0.2) is 31.6 Å². The lowest BCUT2D eigenvalue weighted by atomic mass is 9.99. The van der Waals surface area contributed by atoms with Gasteiger partial charge >= 0.3 is 5.97 Å². The Bertz CT molecular complexity index is 1410. The molecule has 0 radical (unpaired) electrons. The van der Waals surface area contributed by atoms with E-state index in [1.165, 1.54) is 7.11 Å². The topological polar surface area (TPSA) is 67.9 Å². The van der Waals surface area contributed by atoms with E-state index in [0.717, 1.165) is 27.6 Å². The molecular weight excluding hydrogens is 452 g/mol. The molecule has 0 fully saturated rings. The van der Waals surface area contributed by atoms with Crippen molar-refractivity contribution in [3.8, 4) is 5.75 Å². The summed E-state index contributed by atoms with van der Waals surface area (Å²) < 4.78 is 11.0. The molecule has 0 saturated heterocycles. The second-order valence-electron chi connectivity index (χ2n) is 8.95. The van der Waals surface area contributed by atoms with Crippen molar-refractivity contribution in [3.05, 3.63) is 108 Å². The van der Waals surface area contributed by atoms with E-state index >= 15 is 0 Å². The highest BCUT2D eigenvalue weighted by Crippen LogP contribution is 2.34. The van der Waals surface area contributed by atoms with Gasteiger partial charge < -0.3 is 19.7 Å². The number of para-hydroxylation sites is 2. The number of fused-ring (bicyclic) bond motifs is 2. The van der Waals surface area contributed by atoms with Gasteiger partial charge in [-0.1, -0.05) is 66.7 Å². The van der Waals surface area contributed by atoms with Crippen molar-refractivity contribution in [2.45, 2.75) is 25.6 Å². The van der Waals surface area contributed by atoms with Crippen LogP contribution in [0.3, 0.4) is 0 Å². The third-order valence-electron chi connectivity index (χ3n) is 6.52. The fourth-order valence-electron chi connectivity index (χ4n) is 4.74. The van der Waals surface area contributed by atoms with Crippen LogP contribution in [0.2, 0.25) is 0 Å². The zero-order valence-electron chi connectivity index (χ0n) is 20.3. The average molecular weight is 481 g/mol. The predicted molar refractivity (Wildman–Crippen MR) is 140 cm³/mol. The molecule has 4 aromatic rings. The van der Waals surface area contributed by atoms with E-state index in [9.17, 15) is 9.59 Å². The first-order valence-corrected chi connectivity index (χ1v) is 12.0. The van der Waals surface area contributed by atoms with Gasteiger partial charge in [0, 0.05) is 6.54 Å². The van der Waals surface area contributed by atoms with Crippen LogP contribution < -0.4 is 15.0 Å². The van der Waals surface area contributed by atoms with Crippen molar-refractivity contribution in [1.82, 2.24) is 5.32 Å². The number of carbonyl (C=O) groups excluding carboxylic acids is 2. The van der Waals surface area contributed by atoms with Gasteiger partial charge in [0.25, 0.3) is 5.91 Å². The quantitative estimate of drug-likeness (QED) is 0.381. The van der Waals surface area contributed by atoms with E-state index in [0.29, 0.717) is 24.4 Å². The summed E-state index contributed by atoms with van der Waals surface area (Å²) in [5.74, 6) is 0.114. The fraction of sp³-hybridized carbons (Fsp3) is 0.200. The Labute approximate surface area is 210 Å². The Kier molecular flexibility index (Phi) is 6.58. The Morgan fingerprint density at radius 2 is 1.75 bits per heavy atom.